The molecule has 0 radical (unpaired) electrons. The summed E-state index contributed by atoms with van der Waals surface area (Å²) in [5.41, 5.74) is 1.12. The molecule has 7 heteroatoms. The van der Waals surface area contributed by atoms with E-state index in [1.165, 1.54) is 6.42 Å². The number of ether oxygens (including phenoxy) is 1. The van der Waals surface area contributed by atoms with Crippen molar-refractivity contribution in [1.82, 2.24) is 10.2 Å². The minimum absolute atomic E-state index is 0. The van der Waals surface area contributed by atoms with E-state index in [0.29, 0.717) is 0 Å². The predicted molar refractivity (Wildman–Crippen MR) is 102 cm³/mol. The van der Waals surface area contributed by atoms with Crippen LogP contribution in [0.1, 0.15) is 19.3 Å². The molecule has 5 nitrogen and oxygen atoms in total. The van der Waals surface area contributed by atoms with Crippen molar-refractivity contribution in [1.29, 1.82) is 0 Å². The molecule has 1 amide bonds. The highest BCUT2D eigenvalue weighted by atomic mass is 35.5. The highest BCUT2D eigenvalue weighted by Gasteiger charge is 2.28. The molecule has 2 aliphatic rings. The molecule has 136 valence electrons. The van der Waals surface area contributed by atoms with Crippen LogP contribution in [0.25, 0.3) is 0 Å². The van der Waals surface area contributed by atoms with Crippen molar-refractivity contribution in [3.63, 3.8) is 0 Å². The number of piperidine rings is 1. The quantitative estimate of drug-likeness (QED) is 0.880. The van der Waals surface area contributed by atoms with Crippen molar-refractivity contribution in [2.24, 2.45) is 0 Å². The van der Waals surface area contributed by atoms with Crippen LogP contribution in [0.5, 0.6) is 5.75 Å². The molecule has 3 rings (SSSR count). The largest absolute Gasteiger partial charge is 0.495 e. The molecule has 2 saturated heterocycles. The molecule has 0 aliphatic carbocycles. The number of carbonyl (C=O) groups is 1. The third-order valence-corrected chi connectivity index (χ3v) is 4.63. The highest BCUT2D eigenvalue weighted by molar-refractivity contribution is 5.85. The van der Waals surface area contributed by atoms with Gasteiger partial charge in [-0.15, -0.1) is 24.8 Å². The molecule has 1 atom stereocenters. The Labute approximate surface area is 156 Å². The second kappa shape index (κ2) is 9.97. The maximum Gasteiger partial charge on any atom is 0.239 e. The van der Waals surface area contributed by atoms with Crippen LogP contribution in [0, 0.1) is 0 Å². The second-order valence-corrected chi connectivity index (χ2v) is 5.99. The number of methoxy groups -OCH3 is 1. The summed E-state index contributed by atoms with van der Waals surface area (Å²) in [5, 5.41) is 3.35. The van der Waals surface area contributed by atoms with Crippen LogP contribution >= 0.6 is 24.8 Å². The number of nitrogens with zero attached hydrogens (tertiary/aromatic N) is 2. The number of amides is 1. The first-order valence-corrected chi connectivity index (χ1v) is 8.20. The summed E-state index contributed by atoms with van der Waals surface area (Å²) >= 11 is 0. The van der Waals surface area contributed by atoms with Gasteiger partial charge in [0.25, 0.3) is 0 Å². The summed E-state index contributed by atoms with van der Waals surface area (Å²) in [4.78, 5) is 16.9. The van der Waals surface area contributed by atoms with Gasteiger partial charge in [0.05, 0.1) is 18.8 Å². The summed E-state index contributed by atoms with van der Waals surface area (Å²) in [5.74, 6) is 1.18. The Balaban J connectivity index is 0.00000144. The molecule has 0 unspecified atom stereocenters. The fourth-order valence-electron chi connectivity index (χ4n) is 3.34. The van der Waals surface area contributed by atoms with Gasteiger partial charge in [0.2, 0.25) is 5.91 Å². The summed E-state index contributed by atoms with van der Waals surface area (Å²) < 4.78 is 5.44. The molecule has 1 aromatic rings. The van der Waals surface area contributed by atoms with Gasteiger partial charge in [0, 0.05) is 26.2 Å². The molecule has 2 heterocycles. The van der Waals surface area contributed by atoms with Crippen molar-refractivity contribution < 1.29 is 9.53 Å². The number of rotatable bonds is 3. The number of benzene rings is 1. The monoisotopic (exact) mass is 375 g/mol. The van der Waals surface area contributed by atoms with Crippen LogP contribution in [-0.4, -0.2) is 56.7 Å². The average molecular weight is 376 g/mol. The smallest absolute Gasteiger partial charge is 0.239 e. The zero-order valence-corrected chi connectivity index (χ0v) is 15.7. The van der Waals surface area contributed by atoms with Crippen LogP contribution in [0.3, 0.4) is 0 Å². The molecular weight excluding hydrogens is 349 g/mol. The van der Waals surface area contributed by atoms with Crippen molar-refractivity contribution in [3.8, 4) is 5.75 Å². The molecule has 0 bridgehead atoms. The maximum atomic E-state index is 12.5. The third-order valence-electron chi connectivity index (χ3n) is 4.63. The fourth-order valence-corrected chi connectivity index (χ4v) is 3.34. The molecule has 0 aromatic heterocycles. The van der Waals surface area contributed by atoms with Crippen molar-refractivity contribution in [3.05, 3.63) is 24.3 Å². The Kier molecular flexibility index (Phi) is 8.67. The van der Waals surface area contributed by atoms with E-state index < -0.39 is 0 Å². The lowest BCUT2D eigenvalue weighted by Gasteiger charge is -2.38. The molecule has 1 N–H and O–H groups in total. The van der Waals surface area contributed by atoms with Gasteiger partial charge in [-0.1, -0.05) is 18.6 Å². The van der Waals surface area contributed by atoms with Gasteiger partial charge in [-0.2, -0.15) is 0 Å². The minimum Gasteiger partial charge on any atom is -0.495 e. The lowest BCUT2D eigenvalue weighted by molar-refractivity contribution is -0.134. The number of halogens is 2. The summed E-state index contributed by atoms with van der Waals surface area (Å²) in [6.45, 7) is 4.26. The first kappa shape index (κ1) is 20.9. The van der Waals surface area contributed by atoms with E-state index in [1.807, 2.05) is 23.1 Å². The molecule has 0 spiro atoms. The van der Waals surface area contributed by atoms with Crippen LogP contribution in [0.15, 0.2) is 24.3 Å². The van der Waals surface area contributed by atoms with Crippen molar-refractivity contribution in [2.75, 3.05) is 44.7 Å². The third kappa shape index (κ3) is 4.68. The lowest BCUT2D eigenvalue weighted by atomic mass is 10.0. The van der Waals surface area contributed by atoms with Crippen LogP contribution in [0.2, 0.25) is 0 Å². The normalized spacial score (nSPS) is 20.6. The topological polar surface area (TPSA) is 44.8 Å². The number of hydrogen-bond donors (Lipinski definition) is 1. The summed E-state index contributed by atoms with van der Waals surface area (Å²) in [6, 6.07) is 8.11. The lowest BCUT2D eigenvalue weighted by Crippen LogP contribution is -2.55. The molecule has 1 aromatic carbocycles. The predicted octanol–water partition coefficient (Wildman–Crippen LogP) is 2.33. The summed E-state index contributed by atoms with van der Waals surface area (Å²) in [6.07, 6.45) is 3.32. The zero-order chi connectivity index (χ0) is 15.4. The molecule has 0 saturated carbocycles. The minimum atomic E-state index is 0. The summed E-state index contributed by atoms with van der Waals surface area (Å²) in [7, 11) is 1.70. The molecule has 24 heavy (non-hydrogen) atoms. The number of hydrogen-bond acceptors (Lipinski definition) is 4. The van der Waals surface area contributed by atoms with E-state index in [2.05, 4.69) is 16.3 Å². The van der Waals surface area contributed by atoms with Crippen molar-refractivity contribution >= 4 is 36.4 Å². The zero-order valence-electron chi connectivity index (χ0n) is 14.1. The number of piperazine rings is 1. The van der Waals surface area contributed by atoms with Gasteiger partial charge in [-0.3, -0.25) is 4.79 Å². The van der Waals surface area contributed by atoms with E-state index in [4.69, 9.17) is 4.74 Å². The van der Waals surface area contributed by atoms with Gasteiger partial charge in [-0.25, -0.2) is 0 Å². The van der Waals surface area contributed by atoms with E-state index in [1.54, 1.807) is 7.11 Å². The SMILES string of the molecule is COc1ccccc1N1CCN(C(=O)[C@@H]2CCCCN2)CC1.Cl.Cl. The first-order chi connectivity index (χ1) is 10.8. The maximum absolute atomic E-state index is 12.5. The van der Waals surface area contributed by atoms with Crippen molar-refractivity contribution in [2.45, 2.75) is 25.3 Å². The number of anilines is 1. The number of nitrogens with one attached hydrogen (secondary N) is 1. The van der Waals surface area contributed by atoms with Crippen LogP contribution < -0.4 is 15.0 Å². The first-order valence-electron chi connectivity index (χ1n) is 8.20. The Morgan fingerprint density at radius 3 is 2.46 bits per heavy atom. The Morgan fingerprint density at radius 2 is 1.83 bits per heavy atom. The van der Waals surface area contributed by atoms with E-state index in [9.17, 15) is 4.79 Å². The standard InChI is InChI=1S/C17H25N3O2.2ClH/c1-22-16-8-3-2-7-15(16)19-10-12-20(13-11-19)17(21)14-6-4-5-9-18-14;;/h2-3,7-8,14,18H,4-6,9-13H2,1H3;2*1H/t14-;;/m0../s1. The van der Waals surface area contributed by atoms with Crippen LogP contribution in [-0.2, 0) is 4.79 Å². The van der Waals surface area contributed by atoms with Gasteiger partial charge >= 0.3 is 0 Å². The van der Waals surface area contributed by atoms with Gasteiger partial charge < -0.3 is 19.9 Å². The average Bonchev–Trinajstić information content (AvgIpc) is 2.62. The molecule has 2 fully saturated rings. The van der Waals surface area contributed by atoms with Crippen LogP contribution in [0.4, 0.5) is 5.69 Å². The molecule has 2 aliphatic heterocycles. The van der Waals surface area contributed by atoms with E-state index in [0.717, 1.165) is 57.0 Å². The Morgan fingerprint density at radius 1 is 1.12 bits per heavy atom. The number of para-hydroxylation sites is 2. The van der Waals surface area contributed by atoms with Gasteiger partial charge in [-0.05, 0) is 31.5 Å². The van der Waals surface area contributed by atoms with E-state index in [-0.39, 0.29) is 36.8 Å². The van der Waals surface area contributed by atoms with Gasteiger partial charge in [0.15, 0.2) is 0 Å². The molecular formula is C17H27Cl2N3O2. The second-order valence-electron chi connectivity index (χ2n) is 5.99. The number of carbonyl (C=O) groups excluding carboxylic acids is 1. The fraction of sp³-hybridized carbons (Fsp3) is 0.588. The highest BCUT2D eigenvalue weighted by Crippen LogP contribution is 2.28. The Hall–Kier alpha value is -1.17. The van der Waals surface area contributed by atoms with Gasteiger partial charge in [0.1, 0.15) is 5.75 Å². The Bertz CT molecular complexity index is 516. The van der Waals surface area contributed by atoms with E-state index >= 15 is 0 Å².